The number of nitrogens with zero attached hydrogens (tertiary/aromatic N) is 4. The van der Waals surface area contributed by atoms with Crippen LogP contribution < -0.4 is 10.2 Å². The lowest BCUT2D eigenvalue weighted by Crippen LogP contribution is -2.61. The fourth-order valence-electron chi connectivity index (χ4n) is 2.28. The topological polar surface area (TPSA) is 78.4 Å². The van der Waals surface area contributed by atoms with Crippen molar-refractivity contribution in [3.8, 4) is 0 Å². The summed E-state index contributed by atoms with van der Waals surface area (Å²) >= 11 is 0. The van der Waals surface area contributed by atoms with E-state index in [2.05, 4.69) is 22.2 Å². The Kier molecular flexibility index (Phi) is 2.81. The van der Waals surface area contributed by atoms with E-state index >= 15 is 0 Å². The van der Waals surface area contributed by atoms with Gasteiger partial charge in [0.1, 0.15) is 0 Å². The molecule has 0 unspecified atom stereocenters. The van der Waals surface area contributed by atoms with Crippen LogP contribution in [0.25, 0.3) is 0 Å². The predicted molar refractivity (Wildman–Crippen MR) is 67.7 cm³/mol. The van der Waals surface area contributed by atoms with Crippen molar-refractivity contribution in [2.75, 3.05) is 24.5 Å². The summed E-state index contributed by atoms with van der Waals surface area (Å²) in [6.45, 7) is 3.36. The highest BCUT2D eigenvalue weighted by molar-refractivity contribution is 6.02. The number of carbonyl (C=O) groups is 2. The number of hydrogen-bond acceptors (Lipinski definition) is 5. The normalized spacial score (nSPS) is 19.6. The van der Waals surface area contributed by atoms with Gasteiger partial charge in [-0.1, -0.05) is 6.92 Å². The number of hydrogen-bond donors (Lipinski definition) is 1. The van der Waals surface area contributed by atoms with E-state index in [9.17, 15) is 9.59 Å². The summed E-state index contributed by atoms with van der Waals surface area (Å²) in [6.07, 6.45) is 4.53. The largest absolute Gasteiger partial charge is 0.337 e. The molecule has 3 heterocycles. The van der Waals surface area contributed by atoms with E-state index in [0.29, 0.717) is 19.0 Å². The average Bonchev–Trinajstić information content (AvgIpc) is 2.70. The number of amides is 3. The molecular formula is C12H15N5O2. The first-order valence-electron chi connectivity index (χ1n) is 6.34. The number of nitrogens with one attached hydrogen (secondary N) is 1. The number of rotatable bonds is 3. The molecule has 2 fully saturated rings. The Labute approximate surface area is 110 Å². The summed E-state index contributed by atoms with van der Waals surface area (Å²) in [5.41, 5.74) is 1.09. The van der Waals surface area contributed by atoms with Gasteiger partial charge in [0.15, 0.2) is 0 Å². The molecule has 1 aromatic heterocycles. The number of aromatic nitrogens is 2. The zero-order valence-electron chi connectivity index (χ0n) is 10.7. The van der Waals surface area contributed by atoms with Gasteiger partial charge in [0.05, 0.1) is 12.6 Å². The van der Waals surface area contributed by atoms with E-state index in [1.165, 1.54) is 4.90 Å². The van der Waals surface area contributed by atoms with Gasteiger partial charge < -0.3 is 10.2 Å². The molecule has 100 valence electrons. The van der Waals surface area contributed by atoms with Gasteiger partial charge in [-0.25, -0.2) is 14.8 Å². The maximum Gasteiger partial charge on any atom is 0.324 e. The Morgan fingerprint density at radius 2 is 2.00 bits per heavy atom. The monoisotopic (exact) mass is 261 g/mol. The highest BCUT2D eigenvalue weighted by atomic mass is 16.2. The first kappa shape index (κ1) is 11.9. The van der Waals surface area contributed by atoms with Gasteiger partial charge in [-0.3, -0.25) is 9.69 Å². The summed E-state index contributed by atoms with van der Waals surface area (Å²) in [5.74, 6) is 0.498. The molecule has 0 saturated carbocycles. The maximum atomic E-state index is 11.5. The van der Waals surface area contributed by atoms with E-state index < -0.39 is 0 Å². The Balaban J connectivity index is 1.63. The van der Waals surface area contributed by atoms with Crippen LogP contribution in [0.15, 0.2) is 12.4 Å². The van der Waals surface area contributed by atoms with Crippen LogP contribution in [0.5, 0.6) is 0 Å². The zero-order valence-corrected chi connectivity index (χ0v) is 10.7. The van der Waals surface area contributed by atoms with Crippen molar-refractivity contribution in [1.82, 2.24) is 20.2 Å². The predicted octanol–water partition coefficient (Wildman–Crippen LogP) is -0.221. The standard InChI is InChI=1S/C12H15N5O2/c1-2-8-3-13-11(14-4-8)16-6-9(7-16)17-10(18)5-15-12(17)19/h3-4,9H,2,5-7H2,1H3,(H,15,19). The van der Waals surface area contributed by atoms with Crippen molar-refractivity contribution in [2.45, 2.75) is 19.4 Å². The van der Waals surface area contributed by atoms with E-state index in [1.807, 2.05) is 17.3 Å². The van der Waals surface area contributed by atoms with Crippen molar-refractivity contribution in [1.29, 1.82) is 0 Å². The van der Waals surface area contributed by atoms with Crippen molar-refractivity contribution in [3.63, 3.8) is 0 Å². The second-order valence-electron chi connectivity index (χ2n) is 4.73. The number of carbonyl (C=O) groups excluding carboxylic acids is 2. The third-order valence-electron chi connectivity index (χ3n) is 3.49. The minimum absolute atomic E-state index is 0.0653. The molecule has 0 aliphatic carbocycles. The second-order valence-corrected chi connectivity index (χ2v) is 4.73. The molecule has 19 heavy (non-hydrogen) atoms. The first-order valence-corrected chi connectivity index (χ1v) is 6.34. The minimum Gasteiger partial charge on any atom is -0.337 e. The van der Waals surface area contributed by atoms with Gasteiger partial charge in [0, 0.05) is 25.5 Å². The molecule has 0 aromatic carbocycles. The van der Waals surface area contributed by atoms with Crippen LogP contribution in [0.2, 0.25) is 0 Å². The van der Waals surface area contributed by atoms with Crippen LogP contribution in [0.4, 0.5) is 10.7 Å². The fourth-order valence-corrected chi connectivity index (χ4v) is 2.28. The van der Waals surface area contributed by atoms with Gasteiger partial charge >= 0.3 is 6.03 Å². The third kappa shape index (κ3) is 2.00. The van der Waals surface area contributed by atoms with Crippen molar-refractivity contribution < 1.29 is 9.59 Å². The average molecular weight is 261 g/mol. The molecular weight excluding hydrogens is 246 g/mol. The number of imide groups is 1. The highest BCUT2D eigenvalue weighted by Gasteiger charge is 2.42. The number of aryl methyl sites for hydroxylation is 1. The van der Waals surface area contributed by atoms with Gasteiger partial charge in [-0.05, 0) is 12.0 Å². The van der Waals surface area contributed by atoms with Gasteiger partial charge in [-0.2, -0.15) is 0 Å². The van der Waals surface area contributed by atoms with Crippen LogP contribution >= 0.6 is 0 Å². The first-order chi connectivity index (χ1) is 9.19. The molecule has 2 aliphatic rings. The van der Waals surface area contributed by atoms with Crippen molar-refractivity contribution in [2.24, 2.45) is 0 Å². The number of anilines is 1. The molecule has 2 saturated heterocycles. The Bertz CT molecular complexity index is 493. The highest BCUT2D eigenvalue weighted by Crippen LogP contribution is 2.21. The van der Waals surface area contributed by atoms with Gasteiger partial charge in [-0.15, -0.1) is 0 Å². The lowest BCUT2D eigenvalue weighted by atomic mass is 10.1. The molecule has 7 nitrogen and oxygen atoms in total. The Morgan fingerprint density at radius 3 is 2.53 bits per heavy atom. The molecule has 0 bridgehead atoms. The van der Waals surface area contributed by atoms with E-state index in [0.717, 1.165) is 12.0 Å². The summed E-state index contributed by atoms with van der Waals surface area (Å²) < 4.78 is 0. The summed E-state index contributed by atoms with van der Waals surface area (Å²) in [7, 11) is 0. The van der Waals surface area contributed by atoms with Crippen molar-refractivity contribution >= 4 is 17.9 Å². The Hall–Kier alpha value is -2.18. The molecule has 3 amide bonds. The van der Waals surface area contributed by atoms with Crippen LogP contribution in [0.1, 0.15) is 12.5 Å². The van der Waals surface area contributed by atoms with E-state index in [1.54, 1.807) is 0 Å². The van der Waals surface area contributed by atoms with Crippen LogP contribution in [-0.2, 0) is 11.2 Å². The smallest absolute Gasteiger partial charge is 0.324 e. The lowest BCUT2D eigenvalue weighted by molar-refractivity contribution is -0.126. The maximum absolute atomic E-state index is 11.5. The zero-order chi connectivity index (χ0) is 13.4. The molecule has 0 spiro atoms. The fraction of sp³-hybridized carbons (Fsp3) is 0.500. The molecule has 2 aliphatic heterocycles. The Morgan fingerprint density at radius 1 is 1.32 bits per heavy atom. The SMILES string of the molecule is CCc1cnc(N2CC(N3C(=O)CNC3=O)C2)nc1. The third-order valence-corrected chi connectivity index (χ3v) is 3.49. The van der Waals surface area contributed by atoms with Crippen molar-refractivity contribution in [3.05, 3.63) is 18.0 Å². The molecule has 0 radical (unpaired) electrons. The number of urea groups is 1. The minimum atomic E-state index is -0.295. The van der Waals surface area contributed by atoms with Crippen LogP contribution in [-0.4, -0.2) is 52.5 Å². The van der Waals surface area contributed by atoms with Gasteiger partial charge in [0.2, 0.25) is 11.9 Å². The molecule has 0 atom stereocenters. The van der Waals surface area contributed by atoms with E-state index in [4.69, 9.17) is 0 Å². The quantitative estimate of drug-likeness (QED) is 0.761. The molecule has 1 N–H and O–H groups in total. The summed E-state index contributed by atoms with van der Waals surface area (Å²) in [4.78, 5) is 34.9. The van der Waals surface area contributed by atoms with Crippen LogP contribution in [0, 0.1) is 0 Å². The molecule has 1 aromatic rings. The van der Waals surface area contributed by atoms with E-state index in [-0.39, 0.29) is 24.5 Å². The summed E-state index contributed by atoms with van der Waals surface area (Å²) in [6, 6.07) is -0.360. The second kappa shape index (κ2) is 4.49. The summed E-state index contributed by atoms with van der Waals surface area (Å²) in [5, 5.41) is 2.53. The lowest BCUT2D eigenvalue weighted by Gasteiger charge is -2.42. The molecule has 7 heteroatoms. The molecule has 3 rings (SSSR count). The van der Waals surface area contributed by atoms with Crippen LogP contribution in [0.3, 0.4) is 0 Å². The van der Waals surface area contributed by atoms with Gasteiger partial charge in [0.25, 0.3) is 0 Å².